The summed E-state index contributed by atoms with van der Waals surface area (Å²) in [7, 11) is -3.14. The van der Waals surface area contributed by atoms with Crippen LogP contribution in [0.15, 0.2) is 12.3 Å². The number of nitrogens with one attached hydrogen (secondary N) is 1. The number of rotatable bonds is 5. The van der Waals surface area contributed by atoms with Gasteiger partial charge in [0.1, 0.15) is 0 Å². The van der Waals surface area contributed by atoms with Gasteiger partial charge >= 0.3 is 0 Å². The van der Waals surface area contributed by atoms with Crippen LogP contribution in [0.3, 0.4) is 0 Å². The summed E-state index contributed by atoms with van der Waals surface area (Å²) >= 11 is 0. The standard InChI is InChI=1S/C12H20N4O3S/c1-3-8-20(18,19)15-6-4-11(9-15)16-7-5-12(14-16)13-10(2)17/h5,7,11H,3-4,6,8-9H2,1-2H3,(H,13,14,17). The Labute approximate surface area is 119 Å². The van der Waals surface area contributed by atoms with Gasteiger partial charge in [0.15, 0.2) is 5.82 Å². The van der Waals surface area contributed by atoms with E-state index in [9.17, 15) is 13.2 Å². The van der Waals surface area contributed by atoms with Crippen molar-refractivity contribution in [3.05, 3.63) is 12.3 Å². The lowest BCUT2D eigenvalue weighted by Crippen LogP contribution is -2.31. The van der Waals surface area contributed by atoms with E-state index < -0.39 is 10.0 Å². The molecule has 0 saturated carbocycles. The minimum Gasteiger partial charge on any atom is -0.309 e. The maximum Gasteiger partial charge on any atom is 0.222 e. The molecule has 1 fully saturated rings. The van der Waals surface area contributed by atoms with Gasteiger partial charge in [0.25, 0.3) is 0 Å². The normalized spacial score (nSPS) is 20.2. The second-order valence-corrected chi connectivity index (χ2v) is 7.07. The highest BCUT2D eigenvalue weighted by molar-refractivity contribution is 7.89. The Balaban J connectivity index is 2.02. The van der Waals surface area contributed by atoms with Crippen LogP contribution in [0.1, 0.15) is 32.7 Å². The van der Waals surface area contributed by atoms with E-state index >= 15 is 0 Å². The van der Waals surface area contributed by atoms with E-state index in [1.807, 2.05) is 6.92 Å². The van der Waals surface area contributed by atoms with Gasteiger partial charge in [0.2, 0.25) is 15.9 Å². The number of aromatic nitrogens is 2. The van der Waals surface area contributed by atoms with Crippen LogP contribution < -0.4 is 5.32 Å². The molecule has 1 unspecified atom stereocenters. The van der Waals surface area contributed by atoms with E-state index in [-0.39, 0.29) is 17.7 Å². The molecule has 1 atom stereocenters. The summed E-state index contributed by atoms with van der Waals surface area (Å²) in [6.45, 7) is 4.26. The Bertz CT molecular complexity index is 581. The van der Waals surface area contributed by atoms with Crippen LogP contribution in [0, 0.1) is 0 Å². The van der Waals surface area contributed by atoms with Gasteiger partial charge in [-0.2, -0.15) is 9.40 Å². The van der Waals surface area contributed by atoms with Gasteiger partial charge in [0, 0.05) is 32.3 Å². The number of hydrogen-bond donors (Lipinski definition) is 1. The van der Waals surface area contributed by atoms with Crippen LogP contribution in [-0.4, -0.2) is 47.3 Å². The lowest BCUT2D eigenvalue weighted by Gasteiger charge is -2.16. The number of sulfonamides is 1. The molecule has 2 rings (SSSR count). The van der Waals surface area contributed by atoms with Crippen molar-refractivity contribution in [3.8, 4) is 0 Å². The molecule has 1 aromatic heterocycles. The number of carbonyl (C=O) groups excluding carboxylic acids is 1. The second kappa shape index (κ2) is 5.92. The third-order valence-corrected chi connectivity index (χ3v) is 5.31. The maximum absolute atomic E-state index is 12.0. The van der Waals surface area contributed by atoms with Gasteiger partial charge in [0.05, 0.1) is 11.8 Å². The highest BCUT2D eigenvalue weighted by Gasteiger charge is 2.31. The van der Waals surface area contributed by atoms with Crippen molar-refractivity contribution in [1.82, 2.24) is 14.1 Å². The molecule has 0 bridgehead atoms. The van der Waals surface area contributed by atoms with Crippen LogP contribution in [0.4, 0.5) is 5.82 Å². The fraction of sp³-hybridized carbons (Fsp3) is 0.667. The van der Waals surface area contributed by atoms with Crippen LogP contribution in [0.2, 0.25) is 0 Å². The molecular weight excluding hydrogens is 280 g/mol. The molecule has 0 aliphatic carbocycles. The van der Waals surface area contributed by atoms with E-state index in [0.717, 1.165) is 6.42 Å². The van der Waals surface area contributed by atoms with Crippen LogP contribution in [-0.2, 0) is 14.8 Å². The summed E-state index contributed by atoms with van der Waals surface area (Å²) in [5, 5.41) is 6.87. The third kappa shape index (κ3) is 3.37. The fourth-order valence-corrected chi connectivity index (χ4v) is 3.91. The fourth-order valence-electron chi connectivity index (χ4n) is 2.35. The quantitative estimate of drug-likeness (QED) is 0.873. The minimum absolute atomic E-state index is 0.0316. The molecule has 112 valence electrons. The molecule has 8 heteroatoms. The van der Waals surface area contributed by atoms with Crippen molar-refractivity contribution in [2.75, 3.05) is 24.2 Å². The van der Waals surface area contributed by atoms with Crippen LogP contribution >= 0.6 is 0 Å². The zero-order valence-corrected chi connectivity index (χ0v) is 12.6. The van der Waals surface area contributed by atoms with E-state index in [1.54, 1.807) is 16.9 Å². The first-order chi connectivity index (χ1) is 9.42. The first kappa shape index (κ1) is 15.0. The van der Waals surface area contributed by atoms with Crippen LogP contribution in [0.5, 0.6) is 0 Å². The number of hydrogen-bond acceptors (Lipinski definition) is 4. The molecule has 7 nitrogen and oxygen atoms in total. The maximum atomic E-state index is 12.0. The second-order valence-electron chi connectivity index (χ2n) is 4.98. The third-order valence-electron chi connectivity index (χ3n) is 3.27. The van der Waals surface area contributed by atoms with Crippen molar-refractivity contribution < 1.29 is 13.2 Å². The van der Waals surface area contributed by atoms with E-state index in [2.05, 4.69) is 10.4 Å². The summed E-state index contributed by atoms with van der Waals surface area (Å²) in [5.74, 6) is 0.511. The molecule has 1 aromatic rings. The lowest BCUT2D eigenvalue weighted by atomic mass is 10.3. The smallest absolute Gasteiger partial charge is 0.222 e. The summed E-state index contributed by atoms with van der Waals surface area (Å²) in [4.78, 5) is 11.0. The topological polar surface area (TPSA) is 84.3 Å². The van der Waals surface area contributed by atoms with E-state index in [1.165, 1.54) is 11.2 Å². The minimum atomic E-state index is -3.14. The molecular formula is C12H20N4O3S. The Morgan fingerprint density at radius 2 is 2.30 bits per heavy atom. The zero-order chi connectivity index (χ0) is 14.8. The highest BCUT2D eigenvalue weighted by atomic mass is 32.2. The van der Waals surface area contributed by atoms with Gasteiger partial charge in [-0.25, -0.2) is 8.42 Å². The summed E-state index contributed by atoms with van der Waals surface area (Å²) in [6, 6.07) is 1.74. The Morgan fingerprint density at radius 1 is 1.55 bits per heavy atom. The number of carbonyl (C=O) groups is 1. The molecule has 1 aliphatic rings. The zero-order valence-electron chi connectivity index (χ0n) is 11.7. The number of nitrogens with zero attached hydrogens (tertiary/aromatic N) is 3. The Hall–Kier alpha value is -1.41. The first-order valence-electron chi connectivity index (χ1n) is 6.73. The Morgan fingerprint density at radius 3 is 2.95 bits per heavy atom. The lowest BCUT2D eigenvalue weighted by molar-refractivity contribution is -0.114. The molecule has 0 aromatic carbocycles. The van der Waals surface area contributed by atoms with E-state index in [0.29, 0.717) is 25.3 Å². The van der Waals surface area contributed by atoms with Gasteiger partial charge in [-0.3, -0.25) is 9.48 Å². The number of amides is 1. The summed E-state index contributed by atoms with van der Waals surface area (Å²) in [6.07, 6.45) is 3.13. The van der Waals surface area contributed by atoms with Crippen molar-refractivity contribution in [2.45, 2.75) is 32.7 Å². The largest absolute Gasteiger partial charge is 0.309 e. The first-order valence-corrected chi connectivity index (χ1v) is 8.34. The highest BCUT2D eigenvalue weighted by Crippen LogP contribution is 2.24. The predicted octanol–water partition coefficient (Wildman–Crippen LogP) is 0.828. The molecule has 0 radical (unpaired) electrons. The van der Waals surface area contributed by atoms with Gasteiger partial charge in [-0.1, -0.05) is 6.92 Å². The average Bonchev–Trinajstić information content (AvgIpc) is 2.95. The number of anilines is 1. The molecule has 1 aliphatic heterocycles. The van der Waals surface area contributed by atoms with Gasteiger partial charge < -0.3 is 5.32 Å². The SMILES string of the molecule is CCCS(=O)(=O)N1CCC(n2ccc(NC(C)=O)n2)C1. The summed E-state index contributed by atoms with van der Waals surface area (Å²) < 4.78 is 27.3. The molecule has 1 amide bonds. The van der Waals surface area contributed by atoms with Crippen molar-refractivity contribution in [3.63, 3.8) is 0 Å². The van der Waals surface area contributed by atoms with E-state index in [4.69, 9.17) is 0 Å². The van der Waals surface area contributed by atoms with Gasteiger partial charge in [-0.15, -0.1) is 0 Å². The molecule has 2 heterocycles. The monoisotopic (exact) mass is 300 g/mol. The predicted molar refractivity (Wildman–Crippen MR) is 75.8 cm³/mol. The molecule has 0 spiro atoms. The molecule has 1 N–H and O–H groups in total. The molecule has 20 heavy (non-hydrogen) atoms. The van der Waals surface area contributed by atoms with Crippen molar-refractivity contribution >= 4 is 21.7 Å². The summed E-state index contributed by atoms with van der Waals surface area (Å²) in [5.41, 5.74) is 0. The average molecular weight is 300 g/mol. The van der Waals surface area contributed by atoms with Crippen LogP contribution in [0.25, 0.3) is 0 Å². The van der Waals surface area contributed by atoms with Crippen molar-refractivity contribution in [1.29, 1.82) is 0 Å². The van der Waals surface area contributed by atoms with Gasteiger partial charge in [-0.05, 0) is 12.8 Å². The van der Waals surface area contributed by atoms with Crippen molar-refractivity contribution in [2.24, 2.45) is 0 Å². The Kier molecular flexibility index (Phi) is 4.44. The molecule has 1 saturated heterocycles.